The van der Waals surface area contributed by atoms with Gasteiger partial charge < -0.3 is 10.2 Å². The van der Waals surface area contributed by atoms with Crippen LogP contribution in [-0.4, -0.2) is 23.1 Å². The lowest BCUT2D eigenvalue weighted by atomic mass is 10.0. The molecule has 2 aliphatic rings. The van der Waals surface area contributed by atoms with Gasteiger partial charge in [0, 0.05) is 29.3 Å². The van der Waals surface area contributed by atoms with Crippen LogP contribution in [0.1, 0.15) is 22.4 Å². The van der Waals surface area contributed by atoms with Crippen LogP contribution in [0.2, 0.25) is 0 Å². The van der Waals surface area contributed by atoms with Crippen LogP contribution in [0.25, 0.3) is 6.08 Å². The third-order valence-corrected chi connectivity index (χ3v) is 6.14. The summed E-state index contributed by atoms with van der Waals surface area (Å²) in [6.07, 6.45) is 6.09. The Kier molecular flexibility index (Phi) is 4.69. The molecule has 0 unspecified atom stereocenters. The molecule has 1 N–H and O–H groups in total. The van der Waals surface area contributed by atoms with Gasteiger partial charge in [-0.15, -0.1) is 11.3 Å². The first-order valence-corrected chi connectivity index (χ1v) is 10.6. The van der Waals surface area contributed by atoms with Crippen LogP contribution in [0.4, 0.5) is 16.4 Å². The number of nitrogens with zero attached hydrogens (tertiary/aromatic N) is 4. The molecule has 0 radical (unpaired) electrons. The molecule has 1 aromatic carbocycles. The number of hydrogen-bond acceptors (Lipinski definition) is 6. The molecule has 1 amide bonds. The zero-order valence-electron chi connectivity index (χ0n) is 16.5. The molecule has 0 fully saturated rings. The summed E-state index contributed by atoms with van der Waals surface area (Å²) < 4.78 is 0. The minimum atomic E-state index is -0.199. The van der Waals surface area contributed by atoms with Crippen molar-refractivity contribution >= 4 is 45.4 Å². The summed E-state index contributed by atoms with van der Waals surface area (Å²) in [5, 5.41) is 15.0. The van der Waals surface area contributed by atoms with Gasteiger partial charge in [-0.1, -0.05) is 24.8 Å². The molecule has 4 heterocycles. The van der Waals surface area contributed by atoms with Crippen molar-refractivity contribution in [2.45, 2.75) is 6.42 Å². The van der Waals surface area contributed by atoms with E-state index >= 15 is 0 Å². The SMILES string of the molecule is C=C1C=Cc2ncccc2N1CC(=O)Nc1scc(C#N)c1C1=Nc2ccccc2C1. The van der Waals surface area contributed by atoms with E-state index < -0.39 is 0 Å². The lowest BCUT2D eigenvalue weighted by Crippen LogP contribution is -2.33. The number of pyridine rings is 1. The van der Waals surface area contributed by atoms with Crippen molar-refractivity contribution in [1.29, 1.82) is 5.26 Å². The number of benzene rings is 1. The number of aromatic nitrogens is 1. The molecule has 0 saturated carbocycles. The summed E-state index contributed by atoms with van der Waals surface area (Å²) in [5.41, 5.74) is 6.40. The van der Waals surface area contributed by atoms with Gasteiger partial charge in [0.25, 0.3) is 0 Å². The summed E-state index contributed by atoms with van der Waals surface area (Å²) in [6.45, 7) is 4.14. The van der Waals surface area contributed by atoms with Crippen LogP contribution in [0, 0.1) is 11.3 Å². The molecule has 0 bridgehead atoms. The predicted octanol–water partition coefficient (Wildman–Crippen LogP) is 4.68. The molecule has 6 nitrogen and oxygen atoms in total. The lowest BCUT2D eigenvalue weighted by Gasteiger charge is -2.28. The van der Waals surface area contributed by atoms with E-state index in [0.29, 0.717) is 22.5 Å². The second-order valence-corrected chi connectivity index (χ2v) is 8.08. The smallest absolute Gasteiger partial charge is 0.244 e. The Labute approximate surface area is 183 Å². The number of hydrogen-bond donors (Lipinski definition) is 1. The Hall–Kier alpha value is -4.02. The molecule has 0 saturated heterocycles. The highest BCUT2D eigenvalue weighted by molar-refractivity contribution is 7.15. The van der Waals surface area contributed by atoms with Crippen LogP contribution in [-0.2, 0) is 11.2 Å². The molecule has 5 rings (SSSR count). The maximum atomic E-state index is 13.0. The number of para-hydroxylation sites is 1. The van der Waals surface area contributed by atoms with Crippen LogP contribution in [0.15, 0.2) is 71.3 Å². The average molecular weight is 424 g/mol. The number of carbonyl (C=O) groups is 1. The Morgan fingerprint density at radius 1 is 1.26 bits per heavy atom. The molecular weight excluding hydrogens is 406 g/mol. The van der Waals surface area contributed by atoms with Crippen LogP contribution in [0.3, 0.4) is 0 Å². The highest BCUT2D eigenvalue weighted by Gasteiger charge is 2.25. The zero-order valence-corrected chi connectivity index (χ0v) is 17.3. The van der Waals surface area contributed by atoms with Gasteiger partial charge >= 0.3 is 0 Å². The van der Waals surface area contributed by atoms with Gasteiger partial charge in [0.15, 0.2) is 0 Å². The standard InChI is InChI=1S/C24H17N5OS/c1-15-8-9-19-21(7-4-10-26-19)29(15)13-22(30)28-24-23(17(12-25)14-31-24)20-11-16-5-2-3-6-18(16)27-20/h2-10,14H,1,11,13H2,(H,28,30). The molecule has 7 heteroatoms. The van der Waals surface area contributed by atoms with Gasteiger partial charge in [-0.05, 0) is 35.9 Å². The number of allylic oxidation sites excluding steroid dienone is 1. The maximum Gasteiger partial charge on any atom is 0.244 e. The topological polar surface area (TPSA) is 81.4 Å². The van der Waals surface area contributed by atoms with E-state index in [9.17, 15) is 10.1 Å². The number of fused-ring (bicyclic) bond motifs is 2. The summed E-state index contributed by atoms with van der Waals surface area (Å²) in [6, 6.07) is 13.9. The number of amides is 1. The largest absolute Gasteiger partial charge is 0.331 e. The lowest BCUT2D eigenvalue weighted by molar-refractivity contribution is -0.114. The summed E-state index contributed by atoms with van der Waals surface area (Å²) in [7, 11) is 0. The molecule has 3 aromatic rings. The van der Waals surface area contributed by atoms with Crippen molar-refractivity contribution in [2.24, 2.45) is 4.99 Å². The fourth-order valence-electron chi connectivity index (χ4n) is 3.78. The van der Waals surface area contributed by atoms with Crippen molar-refractivity contribution in [2.75, 3.05) is 16.8 Å². The third kappa shape index (κ3) is 3.43. The van der Waals surface area contributed by atoms with E-state index in [0.717, 1.165) is 34.0 Å². The van der Waals surface area contributed by atoms with Crippen LogP contribution < -0.4 is 10.2 Å². The van der Waals surface area contributed by atoms with Crippen molar-refractivity contribution in [3.05, 3.63) is 88.7 Å². The normalized spacial score (nSPS) is 14.0. The number of thiophene rings is 1. The molecule has 0 aliphatic carbocycles. The average Bonchev–Trinajstić information content (AvgIpc) is 3.39. The predicted molar refractivity (Wildman–Crippen MR) is 124 cm³/mol. The van der Waals surface area contributed by atoms with Crippen molar-refractivity contribution in [1.82, 2.24) is 4.98 Å². The molecule has 150 valence electrons. The Bertz CT molecular complexity index is 1330. The second-order valence-electron chi connectivity index (χ2n) is 7.20. The first-order chi connectivity index (χ1) is 15.1. The minimum absolute atomic E-state index is 0.0911. The highest BCUT2D eigenvalue weighted by atomic mass is 32.1. The Balaban J connectivity index is 1.40. The van der Waals surface area contributed by atoms with E-state index in [-0.39, 0.29) is 12.5 Å². The van der Waals surface area contributed by atoms with Crippen molar-refractivity contribution in [3.8, 4) is 6.07 Å². The van der Waals surface area contributed by atoms with Gasteiger partial charge in [-0.3, -0.25) is 14.8 Å². The van der Waals surface area contributed by atoms with Gasteiger partial charge in [0.05, 0.1) is 28.3 Å². The first-order valence-electron chi connectivity index (χ1n) is 9.71. The van der Waals surface area contributed by atoms with Gasteiger partial charge in [0.2, 0.25) is 5.91 Å². The number of rotatable bonds is 4. The second kappa shape index (κ2) is 7.67. The Morgan fingerprint density at radius 2 is 2.13 bits per heavy atom. The van der Waals surface area contributed by atoms with E-state index in [1.807, 2.05) is 53.5 Å². The third-order valence-electron chi connectivity index (χ3n) is 5.25. The molecular formula is C24H17N5OS. The Morgan fingerprint density at radius 3 is 2.97 bits per heavy atom. The van der Waals surface area contributed by atoms with E-state index in [1.54, 1.807) is 11.6 Å². The maximum absolute atomic E-state index is 13.0. The number of nitriles is 1. The van der Waals surface area contributed by atoms with Gasteiger partial charge in [0.1, 0.15) is 17.6 Å². The van der Waals surface area contributed by atoms with E-state index in [4.69, 9.17) is 4.99 Å². The minimum Gasteiger partial charge on any atom is -0.331 e. The van der Waals surface area contributed by atoms with Crippen LogP contribution >= 0.6 is 11.3 Å². The number of nitrogens with one attached hydrogen (secondary N) is 1. The van der Waals surface area contributed by atoms with Crippen molar-refractivity contribution < 1.29 is 4.79 Å². The fourth-order valence-corrected chi connectivity index (χ4v) is 4.70. The molecule has 0 atom stereocenters. The summed E-state index contributed by atoms with van der Waals surface area (Å²) in [4.78, 5) is 23.8. The molecule has 2 aromatic heterocycles. The summed E-state index contributed by atoms with van der Waals surface area (Å²) in [5.74, 6) is -0.199. The summed E-state index contributed by atoms with van der Waals surface area (Å²) >= 11 is 1.34. The van der Waals surface area contributed by atoms with Crippen LogP contribution in [0.5, 0.6) is 0 Å². The number of carbonyl (C=O) groups excluding carboxylic acids is 1. The van der Waals surface area contributed by atoms with Crippen molar-refractivity contribution in [3.63, 3.8) is 0 Å². The first kappa shape index (κ1) is 19.0. The van der Waals surface area contributed by atoms with Gasteiger partial charge in [-0.25, -0.2) is 0 Å². The monoisotopic (exact) mass is 423 g/mol. The van der Waals surface area contributed by atoms with E-state index in [1.165, 1.54) is 11.3 Å². The highest BCUT2D eigenvalue weighted by Crippen LogP contribution is 2.35. The quantitative estimate of drug-likeness (QED) is 0.661. The molecule has 0 spiro atoms. The number of anilines is 2. The zero-order chi connectivity index (χ0) is 21.4. The molecule has 2 aliphatic heterocycles. The van der Waals surface area contributed by atoms with Gasteiger partial charge in [-0.2, -0.15) is 5.26 Å². The molecule has 31 heavy (non-hydrogen) atoms. The number of aliphatic imine (C=N–C) groups is 1. The fraction of sp³-hybridized carbons (Fsp3) is 0.0833. The van der Waals surface area contributed by atoms with E-state index in [2.05, 4.69) is 22.9 Å².